The van der Waals surface area contributed by atoms with Crippen molar-refractivity contribution in [2.24, 2.45) is 5.73 Å². The molecular formula is C22H22FN3O3. The fourth-order valence-electron chi connectivity index (χ4n) is 3.76. The normalized spacial score (nSPS) is 17.8. The second-order valence-electron chi connectivity index (χ2n) is 7.55. The Morgan fingerprint density at radius 1 is 1.24 bits per heavy atom. The average Bonchev–Trinajstić information content (AvgIpc) is 2.73. The van der Waals surface area contributed by atoms with E-state index in [1.165, 1.54) is 12.1 Å². The van der Waals surface area contributed by atoms with Gasteiger partial charge in [0, 0.05) is 30.8 Å². The topological polar surface area (TPSA) is 97.4 Å². The van der Waals surface area contributed by atoms with Crippen LogP contribution >= 0.6 is 0 Å². The number of hydrogen-bond acceptors (Lipinski definition) is 5. The molecule has 0 saturated carbocycles. The number of carbonyl (C=O) groups excluding carboxylic acids is 1. The van der Waals surface area contributed by atoms with Gasteiger partial charge in [-0.1, -0.05) is 18.2 Å². The number of hydrogen-bond donors (Lipinski definition) is 2. The van der Waals surface area contributed by atoms with Gasteiger partial charge in [0.15, 0.2) is 0 Å². The first-order valence-electron chi connectivity index (χ1n) is 9.60. The van der Waals surface area contributed by atoms with Crippen LogP contribution in [0.5, 0.6) is 5.75 Å². The van der Waals surface area contributed by atoms with E-state index in [2.05, 4.69) is 11.4 Å². The summed E-state index contributed by atoms with van der Waals surface area (Å²) in [5.41, 5.74) is 8.69. The molecule has 0 aromatic heterocycles. The van der Waals surface area contributed by atoms with E-state index in [4.69, 9.17) is 15.2 Å². The van der Waals surface area contributed by atoms with Crippen molar-refractivity contribution in [3.05, 3.63) is 53.3 Å². The first kappa shape index (κ1) is 19.4. The minimum Gasteiger partial charge on any atom is -0.488 e. The molecule has 4 rings (SSSR count). The van der Waals surface area contributed by atoms with E-state index in [-0.39, 0.29) is 11.7 Å². The number of nitriles is 1. The van der Waals surface area contributed by atoms with Crippen molar-refractivity contribution < 1.29 is 18.7 Å². The molecule has 1 atom stereocenters. The molecule has 2 aliphatic rings. The molecule has 3 N–H and O–H groups in total. The monoisotopic (exact) mass is 395 g/mol. The minimum atomic E-state index is -0.995. The molecule has 2 heterocycles. The van der Waals surface area contributed by atoms with Crippen molar-refractivity contribution in [2.75, 3.05) is 13.2 Å². The summed E-state index contributed by atoms with van der Waals surface area (Å²) in [6.07, 6.45) is 1.20. The van der Waals surface area contributed by atoms with E-state index in [0.29, 0.717) is 44.8 Å². The van der Waals surface area contributed by atoms with Gasteiger partial charge in [-0.25, -0.2) is 4.39 Å². The summed E-state index contributed by atoms with van der Waals surface area (Å²) in [6.45, 7) is 1.17. The first-order chi connectivity index (χ1) is 14.0. The molecule has 2 aromatic rings. The Kier molecular flexibility index (Phi) is 5.22. The molecule has 2 aliphatic heterocycles. The third-order valence-corrected chi connectivity index (χ3v) is 5.52. The molecule has 1 saturated heterocycles. The van der Waals surface area contributed by atoms with E-state index in [9.17, 15) is 14.4 Å². The van der Waals surface area contributed by atoms with Gasteiger partial charge in [0.2, 0.25) is 5.91 Å². The van der Waals surface area contributed by atoms with Gasteiger partial charge in [-0.3, -0.25) is 4.79 Å². The number of amides is 1. The zero-order valence-corrected chi connectivity index (χ0v) is 15.9. The highest BCUT2D eigenvalue weighted by Crippen LogP contribution is 2.38. The Morgan fingerprint density at radius 2 is 2.00 bits per heavy atom. The highest BCUT2D eigenvalue weighted by molar-refractivity contribution is 5.86. The van der Waals surface area contributed by atoms with Crippen molar-refractivity contribution in [3.8, 4) is 22.9 Å². The van der Waals surface area contributed by atoms with Crippen LogP contribution in [0.4, 0.5) is 4.39 Å². The molecule has 1 fully saturated rings. The largest absolute Gasteiger partial charge is 0.488 e. The number of carbonyl (C=O) groups is 1. The highest BCUT2D eigenvalue weighted by atomic mass is 19.1. The van der Waals surface area contributed by atoms with E-state index in [1.54, 1.807) is 6.07 Å². The molecule has 29 heavy (non-hydrogen) atoms. The third kappa shape index (κ3) is 3.95. The van der Waals surface area contributed by atoms with Gasteiger partial charge < -0.3 is 20.5 Å². The predicted octanol–water partition coefficient (Wildman–Crippen LogP) is 2.44. The zero-order chi connectivity index (χ0) is 20.4. The Labute approximate surface area is 168 Å². The molecule has 150 valence electrons. The maximum atomic E-state index is 13.4. The summed E-state index contributed by atoms with van der Waals surface area (Å²) in [6, 6.07) is 11.8. The lowest BCUT2D eigenvalue weighted by molar-refractivity contribution is -0.130. The summed E-state index contributed by atoms with van der Waals surface area (Å²) < 4.78 is 24.5. The number of nitrogens with one attached hydrogen (secondary N) is 1. The number of benzene rings is 2. The molecule has 2 aromatic carbocycles. The summed E-state index contributed by atoms with van der Waals surface area (Å²) >= 11 is 0. The number of halogens is 1. The molecule has 0 spiro atoms. The Morgan fingerprint density at radius 3 is 2.76 bits per heavy atom. The first-order valence-corrected chi connectivity index (χ1v) is 9.60. The van der Waals surface area contributed by atoms with Crippen LogP contribution in [0.3, 0.4) is 0 Å². The van der Waals surface area contributed by atoms with Crippen LogP contribution in [0.25, 0.3) is 11.1 Å². The third-order valence-electron chi connectivity index (χ3n) is 5.52. The van der Waals surface area contributed by atoms with Crippen LogP contribution in [-0.4, -0.2) is 30.7 Å². The molecule has 6 nitrogen and oxygen atoms in total. The Hall–Kier alpha value is -2.95. The fourth-order valence-corrected chi connectivity index (χ4v) is 3.76. The van der Waals surface area contributed by atoms with Gasteiger partial charge in [0.05, 0.1) is 11.6 Å². The summed E-state index contributed by atoms with van der Waals surface area (Å²) in [5.74, 6) is 0.0732. The van der Waals surface area contributed by atoms with Gasteiger partial charge in [-0.2, -0.15) is 5.26 Å². The lowest BCUT2D eigenvalue weighted by Gasteiger charge is -2.32. The minimum absolute atomic E-state index is 0.290. The Balaban J connectivity index is 1.49. The number of fused-ring (bicyclic) bond motifs is 3. The fraction of sp³-hybridized carbons (Fsp3) is 0.364. The smallest absolute Gasteiger partial charge is 0.241 e. The van der Waals surface area contributed by atoms with Crippen molar-refractivity contribution in [3.63, 3.8) is 0 Å². The van der Waals surface area contributed by atoms with Crippen LogP contribution in [0.2, 0.25) is 0 Å². The molecule has 0 bridgehead atoms. The number of nitrogens with zero attached hydrogens (tertiary/aromatic N) is 1. The zero-order valence-electron chi connectivity index (χ0n) is 15.9. The van der Waals surface area contributed by atoms with Gasteiger partial charge in [-0.15, -0.1) is 0 Å². The SMILES string of the molecule is N#C[C@H](Cc1ccc2c(c1)OCc1cc(F)ccc1-2)NC(=O)C1(N)CCOCC1. The van der Waals surface area contributed by atoms with Crippen LogP contribution in [0.1, 0.15) is 24.0 Å². The van der Waals surface area contributed by atoms with Gasteiger partial charge >= 0.3 is 0 Å². The van der Waals surface area contributed by atoms with E-state index >= 15 is 0 Å². The summed E-state index contributed by atoms with van der Waals surface area (Å²) in [4.78, 5) is 12.6. The lowest BCUT2D eigenvalue weighted by atomic mass is 9.89. The van der Waals surface area contributed by atoms with E-state index < -0.39 is 11.6 Å². The molecule has 0 aliphatic carbocycles. The van der Waals surface area contributed by atoms with E-state index in [0.717, 1.165) is 22.3 Å². The van der Waals surface area contributed by atoms with Crippen LogP contribution in [0.15, 0.2) is 36.4 Å². The molecule has 0 radical (unpaired) electrons. The second-order valence-corrected chi connectivity index (χ2v) is 7.55. The lowest BCUT2D eigenvalue weighted by Crippen LogP contribution is -2.58. The maximum Gasteiger partial charge on any atom is 0.241 e. The molecule has 1 amide bonds. The molecule has 0 unspecified atom stereocenters. The summed E-state index contributed by atoms with van der Waals surface area (Å²) in [5, 5.41) is 12.3. The molecular weight excluding hydrogens is 373 g/mol. The van der Waals surface area contributed by atoms with Crippen LogP contribution in [0, 0.1) is 17.1 Å². The van der Waals surface area contributed by atoms with Crippen molar-refractivity contribution in [2.45, 2.75) is 37.5 Å². The van der Waals surface area contributed by atoms with Gasteiger partial charge in [0.1, 0.15) is 24.2 Å². The van der Waals surface area contributed by atoms with E-state index in [1.807, 2.05) is 18.2 Å². The average molecular weight is 395 g/mol. The number of rotatable bonds is 4. The van der Waals surface area contributed by atoms with Crippen molar-refractivity contribution in [1.82, 2.24) is 5.32 Å². The summed E-state index contributed by atoms with van der Waals surface area (Å²) in [7, 11) is 0. The van der Waals surface area contributed by atoms with Gasteiger partial charge in [0.25, 0.3) is 0 Å². The van der Waals surface area contributed by atoms with Gasteiger partial charge in [-0.05, 0) is 42.2 Å². The second kappa shape index (κ2) is 7.82. The van der Waals surface area contributed by atoms with Crippen molar-refractivity contribution >= 4 is 5.91 Å². The Bertz CT molecular complexity index is 980. The predicted molar refractivity (Wildman–Crippen MR) is 104 cm³/mol. The molecule has 7 heteroatoms. The number of nitrogens with two attached hydrogens (primary N) is 1. The highest BCUT2D eigenvalue weighted by Gasteiger charge is 2.36. The maximum absolute atomic E-state index is 13.4. The van der Waals surface area contributed by atoms with Crippen LogP contribution in [-0.2, 0) is 22.6 Å². The standard InChI is InChI=1S/C22H22FN3O3/c23-16-2-4-18-15(11-16)13-29-20-10-14(1-3-19(18)20)9-17(12-24)26-21(27)22(25)5-7-28-8-6-22/h1-4,10-11,17H,5-9,13,25H2,(H,26,27)/t17-/m0/s1. The van der Waals surface area contributed by atoms with Crippen LogP contribution < -0.4 is 15.8 Å². The quantitative estimate of drug-likeness (QED) is 0.829. The van der Waals surface area contributed by atoms with Crippen molar-refractivity contribution in [1.29, 1.82) is 5.26 Å². The number of ether oxygens (including phenoxy) is 2.